The lowest BCUT2D eigenvalue weighted by Gasteiger charge is -2.45. The van der Waals surface area contributed by atoms with Crippen molar-refractivity contribution >= 4 is 17.4 Å². The first-order valence-electron chi connectivity index (χ1n) is 11.3. The Morgan fingerprint density at radius 3 is 2.56 bits per heavy atom. The molecule has 1 N–H and O–H groups in total. The quantitative estimate of drug-likeness (QED) is 0.388. The second-order valence-corrected chi connectivity index (χ2v) is 10.5. The zero-order chi connectivity index (χ0) is 24.5. The Balaban J connectivity index is 1.52. The van der Waals surface area contributed by atoms with E-state index in [1.807, 2.05) is 6.07 Å². The molecule has 176 valence electrons. The Labute approximate surface area is 204 Å². The van der Waals surface area contributed by atoms with Gasteiger partial charge in [-0.1, -0.05) is 23.7 Å². The maximum atomic E-state index is 13.0. The summed E-state index contributed by atoms with van der Waals surface area (Å²) in [6.07, 6.45) is 5.47. The average Bonchev–Trinajstić information content (AvgIpc) is 3.27. The van der Waals surface area contributed by atoms with Crippen LogP contribution in [0.1, 0.15) is 62.9 Å². The van der Waals surface area contributed by atoms with Gasteiger partial charge in [0, 0.05) is 29.3 Å². The normalized spacial score (nSPS) is 17.2. The zero-order valence-corrected chi connectivity index (χ0v) is 20.6. The smallest absolute Gasteiger partial charge is 0.163 e. The van der Waals surface area contributed by atoms with Gasteiger partial charge in [-0.25, -0.2) is 0 Å². The summed E-state index contributed by atoms with van der Waals surface area (Å²) in [6.45, 7) is 8.30. The summed E-state index contributed by atoms with van der Waals surface area (Å²) in [5.74, 6) is 1.05. The third-order valence-electron chi connectivity index (χ3n) is 6.01. The van der Waals surface area contributed by atoms with Gasteiger partial charge in [-0.3, -0.25) is 9.89 Å². The first kappa shape index (κ1) is 24.0. The Hall–Kier alpha value is -3.14. The standard InChI is InChI=1S/C27H28ClN3O3/c1-26(2)12-17(13-27(3,4)34-26)10-23(32)18-8-9-25(22(28)11-18)33-24-7-5-6-20(21(24)14-29)19-15-30-31-16-19/h5-9,11,15-17H,10,12-13H2,1-4H3,(H,30,31). The van der Waals surface area contributed by atoms with Gasteiger partial charge in [0.05, 0.1) is 22.4 Å². The van der Waals surface area contributed by atoms with Crippen LogP contribution in [-0.4, -0.2) is 27.2 Å². The first-order valence-corrected chi connectivity index (χ1v) is 11.7. The van der Waals surface area contributed by atoms with Gasteiger partial charge in [0.1, 0.15) is 23.1 Å². The predicted molar refractivity (Wildman–Crippen MR) is 131 cm³/mol. The van der Waals surface area contributed by atoms with E-state index in [1.165, 1.54) is 0 Å². The van der Waals surface area contributed by atoms with E-state index in [4.69, 9.17) is 21.1 Å². The average molecular weight is 478 g/mol. The second-order valence-electron chi connectivity index (χ2n) is 10.0. The molecule has 34 heavy (non-hydrogen) atoms. The summed E-state index contributed by atoms with van der Waals surface area (Å²) < 4.78 is 12.1. The molecule has 1 saturated heterocycles. The van der Waals surface area contributed by atoms with Gasteiger partial charge in [-0.2, -0.15) is 10.4 Å². The van der Waals surface area contributed by atoms with Crippen LogP contribution in [0.25, 0.3) is 11.1 Å². The number of carbonyl (C=O) groups excluding carboxylic acids is 1. The van der Waals surface area contributed by atoms with E-state index in [0.717, 1.165) is 18.4 Å². The van der Waals surface area contributed by atoms with Crippen molar-refractivity contribution in [2.75, 3.05) is 0 Å². The van der Waals surface area contributed by atoms with E-state index in [2.05, 4.69) is 44.0 Å². The fraction of sp³-hybridized carbons (Fsp3) is 0.370. The second kappa shape index (κ2) is 9.25. The molecule has 0 radical (unpaired) electrons. The Kier molecular flexibility index (Phi) is 6.53. The van der Waals surface area contributed by atoms with Crippen LogP contribution >= 0.6 is 11.6 Å². The molecule has 4 rings (SSSR count). The topological polar surface area (TPSA) is 88.0 Å². The van der Waals surface area contributed by atoms with Crippen LogP contribution in [0.5, 0.6) is 11.5 Å². The van der Waals surface area contributed by atoms with Crippen LogP contribution < -0.4 is 4.74 Å². The number of ether oxygens (including phenoxy) is 2. The summed E-state index contributed by atoms with van der Waals surface area (Å²) in [7, 11) is 0. The molecule has 1 aliphatic rings. The molecule has 1 aromatic heterocycles. The number of nitrogens with zero attached hydrogens (tertiary/aromatic N) is 2. The number of H-pyrrole nitrogens is 1. The number of hydrogen-bond donors (Lipinski definition) is 1. The van der Waals surface area contributed by atoms with E-state index in [0.29, 0.717) is 39.6 Å². The number of Topliss-reactive ketones (excluding diaryl/α,β-unsaturated/α-hetero) is 1. The molecular formula is C27H28ClN3O3. The van der Waals surface area contributed by atoms with Gasteiger partial charge < -0.3 is 9.47 Å². The minimum atomic E-state index is -0.258. The Morgan fingerprint density at radius 1 is 1.21 bits per heavy atom. The summed E-state index contributed by atoms with van der Waals surface area (Å²) in [6, 6.07) is 12.6. The Bertz CT molecular complexity index is 1230. The highest BCUT2D eigenvalue weighted by Crippen LogP contribution is 2.41. The van der Waals surface area contributed by atoms with Gasteiger partial charge in [-0.15, -0.1) is 0 Å². The minimum absolute atomic E-state index is 0.0478. The molecule has 0 aliphatic carbocycles. The predicted octanol–water partition coefficient (Wildman–Crippen LogP) is 6.95. The SMILES string of the molecule is CC1(C)CC(CC(=O)c2ccc(Oc3cccc(-c4cn[nH]c4)c3C#N)c(Cl)c2)CC(C)(C)O1. The van der Waals surface area contributed by atoms with Crippen LogP contribution in [0.15, 0.2) is 48.8 Å². The van der Waals surface area contributed by atoms with Crippen molar-refractivity contribution in [1.82, 2.24) is 10.2 Å². The minimum Gasteiger partial charge on any atom is -0.454 e. The molecule has 0 saturated carbocycles. The molecule has 0 spiro atoms. The first-order chi connectivity index (χ1) is 16.1. The van der Waals surface area contributed by atoms with Crippen molar-refractivity contribution in [3.63, 3.8) is 0 Å². The number of aromatic nitrogens is 2. The number of hydrogen-bond acceptors (Lipinski definition) is 5. The maximum Gasteiger partial charge on any atom is 0.163 e. The number of halogens is 1. The molecule has 0 amide bonds. The van der Waals surface area contributed by atoms with Crippen molar-refractivity contribution in [2.24, 2.45) is 5.92 Å². The molecule has 1 fully saturated rings. The number of aromatic amines is 1. The van der Waals surface area contributed by atoms with Gasteiger partial charge in [-0.05, 0) is 70.7 Å². The van der Waals surface area contributed by atoms with Crippen molar-refractivity contribution < 1.29 is 14.3 Å². The number of rotatable bonds is 6. The lowest BCUT2D eigenvalue weighted by molar-refractivity contribution is -0.171. The third kappa shape index (κ3) is 5.32. The fourth-order valence-corrected chi connectivity index (χ4v) is 5.28. The highest BCUT2D eigenvalue weighted by molar-refractivity contribution is 6.32. The van der Waals surface area contributed by atoms with Crippen LogP contribution in [-0.2, 0) is 4.74 Å². The number of carbonyl (C=O) groups is 1. The van der Waals surface area contributed by atoms with Crippen LogP contribution in [0.4, 0.5) is 0 Å². The fourth-order valence-electron chi connectivity index (χ4n) is 5.06. The molecule has 1 aliphatic heterocycles. The molecule has 0 unspecified atom stereocenters. The van der Waals surface area contributed by atoms with E-state index in [1.54, 1.807) is 42.7 Å². The molecule has 7 heteroatoms. The van der Waals surface area contributed by atoms with Crippen molar-refractivity contribution in [1.29, 1.82) is 5.26 Å². The number of benzene rings is 2. The van der Waals surface area contributed by atoms with Gasteiger partial charge >= 0.3 is 0 Å². The van der Waals surface area contributed by atoms with E-state index >= 15 is 0 Å². The molecule has 0 atom stereocenters. The highest BCUT2D eigenvalue weighted by atomic mass is 35.5. The number of ketones is 1. The highest BCUT2D eigenvalue weighted by Gasteiger charge is 2.39. The maximum absolute atomic E-state index is 13.0. The molecule has 2 heterocycles. The monoisotopic (exact) mass is 477 g/mol. The summed E-state index contributed by atoms with van der Waals surface area (Å²) in [4.78, 5) is 13.0. The lowest BCUT2D eigenvalue weighted by Crippen LogP contribution is -2.45. The summed E-state index contributed by atoms with van der Waals surface area (Å²) in [5.41, 5.74) is 1.90. The Morgan fingerprint density at radius 2 is 1.94 bits per heavy atom. The molecule has 3 aromatic rings. The van der Waals surface area contributed by atoms with E-state index in [-0.39, 0.29) is 22.9 Å². The lowest BCUT2D eigenvalue weighted by atomic mass is 9.78. The molecule has 6 nitrogen and oxygen atoms in total. The van der Waals surface area contributed by atoms with Crippen molar-refractivity contribution in [2.45, 2.75) is 58.2 Å². The zero-order valence-electron chi connectivity index (χ0n) is 19.8. The van der Waals surface area contributed by atoms with Gasteiger partial charge in [0.2, 0.25) is 0 Å². The van der Waals surface area contributed by atoms with Crippen LogP contribution in [0.2, 0.25) is 5.02 Å². The number of nitrogens with one attached hydrogen (secondary N) is 1. The van der Waals surface area contributed by atoms with Crippen molar-refractivity contribution in [3.8, 4) is 28.7 Å². The molecule has 2 aromatic carbocycles. The van der Waals surface area contributed by atoms with Gasteiger partial charge in [0.15, 0.2) is 5.78 Å². The van der Waals surface area contributed by atoms with Crippen molar-refractivity contribution in [3.05, 3.63) is 64.9 Å². The van der Waals surface area contributed by atoms with E-state index < -0.39 is 0 Å². The number of nitriles is 1. The summed E-state index contributed by atoms with van der Waals surface area (Å²) >= 11 is 6.50. The largest absolute Gasteiger partial charge is 0.454 e. The summed E-state index contributed by atoms with van der Waals surface area (Å²) in [5, 5.41) is 16.8. The third-order valence-corrected chi connectivity index (χ3v) is 6.30. The molecular weight excluding hydrogens is 450 g/mol. The van der Waals surface area contributed by atoms with Crippen LogP contribution in [0.3, 0.4) is 0 Å². The van der Waals surface area contributed by atoms with Gasteiger partial charge in [0.25, 0.3) is 0 Å². The van der Waals surface area contributed by atoms with E-state index in [9.17, 15) is 10.1 Å². The van der Waals surface area contributed by atoms with Crippen LogP contribution in [0, 0.1) is 17.2 Å². The molecule has 0 bridgehead atoms.